The van der Waals surface area contributed by atoms with E-state index in [1.165, 1.54) is 12.1 Å². The van der Waals surface area contributed by atoms with Crippen molar-refractivity contribution < 1.29 is 9.18 Å². The average molecular weight is 278 g/mol. The Labute approximate surface area is 117 Å². The average Bonchev–Trinajstić information content (AvgIpc) is 3.27. The maximum Gasteiger partial charge on any atom is 0.254 e. The molecule has 1 aliphatic carbocycles. The Hall–Kier alpha value is -2.11. The Balaban J connectivity index is 1.77. The molecule has 0 atom stereocenters. The molecule has 1 aromatic rings. The van der Waals surface area contributed by atoms with Crippen molar-refractivity contribution in [3.8, 4) is 0 Å². The third-order valence-corrected chi connectivity index (χ3v) is 3.25. The summed E-state index contributed by atoms with van der Waals surface area (Å²) in [5.41, 5.74) is 5.85. The number of hydrogen-bond acceptors (Lipinski definition) is 2. The highest BCUT2D eigenvalue weighted by Gasteiger charge is 2.27. The number of nitrogens with two attached hydrogens (primary N) is 1. The molecular weight excluding hydrogens is 259 g/mol. The summed E-state index contributed by atoms with van der Waals surface area (Å²) in [4.78, 5) is 17.8. The summed E-state index contributed by atoms with van der Waals surface area (Å²) in [6.07, 6.45) is 2.30. The highest BCUT2D eigenvalue weighted by atomic mass is 19.1. The van der Waals surface area contributed by atoms with Crippen LogP contribution in [0.1, 0.15) is 23.2 Å². The number of benzene rings is 1. The summed E-state index contributed by atoms with van der Waals surface area (Å²) in [6.45, 7) is 0.704. The summed E-state index contributed by atoms with van der Waals surface area (Å²) < 4.78 is 13.4. The number of halogens is 1. The molecule has 1 saturated carbocycles. The molecule has 0 saturated heterocycles. The van der Waals surface area contributed by atoms with Crippen LogP contribution in [-0.2, 0) is 0 Å². The lowest BCUT2D eigenvalue weighted by atomic mass is 10.2. The van der Waals surface area contributed by atoms with Crippen LogP contribution in [-0.4, -0.2) is 42.9 Å². The minimum absolute atomic E-state index is 0.0413. The van der Waals surface area contributed by atoms with Gasteiger partial charge in [-0.1, -0.05) is 12.1 Å². The summed E-state index contributed by atoms with van der Waals surface area (Å²) in [6, 6.07) is 6.38. The fourth-order valence-corrected chi connectivity index (χ4v) is 1.84. The Morgan fingerprint density at radius 3 is 2.85 bits per heavy atom. The number of carbonyl (C=O) groups is 1. The monoisotopic (exact) mass is 278 g/mol. The van der Waals surface area contributed by atoms with E-state index in [1.807, 2.05) is 11.9 Å². The van der Waals surface area contributed by atoms with E-state index >= 15 is 0 Å². The number of nitrogens with zero attached hydrogens (tertiary/aromatic N) is 2. The van der Waals surface area contributed by atoms with Crippen LogP contribution in [0.4, 0.5) is 4.39 Å². The number of aliphatic imine (C=N–C) groups is 1. The molecule has 108 valence electrons. The molecule has 5 nitrogen and oxygen atoms in total. The fraction of sp³-hybridized carbons (Fsp3) is 0.429. The van der Waals surface area contributed by atoms with Gasteiger partial charge in [-0.05, 0) is 25.0 Å². The predicted molar refractivity (Wildman–Crippen MR) is 76.0 cm³/mol. The number of carbonyl (C=O) groups excluding carboxylic acids is 1. The quantitative estimate of drug-likeness (QED) is 0.479. The third-order valence-electron chi connectivity index (χ3n) is 3.25. The Kier molecular flexibility index (Phi) is 4.55. The SMILES string of the molecule is CN(C(N)=NCCNC(=O)c1ccccc1F)C1CC1. The molecule has 0 unspecified atom stereocenters. The van der Waals surface area contributed by atoms with E-state index in [0.717, 1.165) is 12.8 Å². The third kappa shape index (κ3) is 3.69. The van der Waals surface area contributed by atoms with Crippen molar-refractivity contribution in [2.75, 3.05) is 20.1 Å². The summed E-state index contributed by atoms with van der Waals surface area (Å²) in [7, 11) is 1.91. The number of guanidine groups is 1. The standard InChI is InChI=1S/C14H19FN4O/c1-19(10-6-7-10)14(16)18-9-8-17-13(20)11-4-2-3-5-12(11)15/h2-5,10H,6-9H2,1H3,(H2,16,18)(H,17,20). The Bertz CT molecular complexity index is 514. The van der Waals surface area contributed by atoms with Crippen molar-refractivity contribution in [2.45, 2.75) is 18.9 Å². The summed E-state index contributed by atoms with van der Waals surface area (Å²) in [5, 5.41) is 2.62. The lowest BCUT2D eigenvalue weighted by molar-refractivity contribution is 0.0951. The Morgan fingerprint density at radius 2 is 2.20 bits per heavy atom. The predicted octanol–water partition coefficient (Wildman–Crippen LogP) is 0.964. The van der Waals surface area contributed by atoms with Gasteiger partial charge in [-0.15, -0.1) is 0 Å². The first-order chi connectivity index (χ1) is 9.59. The molecule has 1 aliphatic rings. The molecule has 0 heterocycles. The normalized spacial score (nSPS) is 15.0. The van der Waals surface area contributed by atoms with Gasteiger partial charge < -0.3 is 16.0 Å². The zero-order valence-electron chi connectivity index (χ0n) is 11.5. The minimum Gasteiger partial charge on any atom is -0.370 e. The minimum atomic E-state index is -0.526. The van der Waals surface area contributed by atoms with Gasteiger partial charge in [0.1, 0.15) is 5.82 Å². The van der Waals surface area contributed by atoms with Crippen LogP contribution in [0, 0.1) is 5.82 Å². The van der Waals surface area contributed by atoms with E-state index in [2.05, 4.69) is 10.3 Å². The van der Waals surface area contributed by atoms with Crippen molar-refractivity contribution in [3.05, 3.63) is 35.6 Å². The van der Waals surface area contributed by atoms with Gasteiger partial charge in [-0.3, -0.25) is 9.79 Å². The van der Waals surface area contributed by atoms with Gasteiger partial charge >= 0.3 is 0 Å². The smallest absolute Gasteiger partial charge is 0.254 e. The summed E-state index contributed by atoms with van der Waals surface area (Å²) in [5.74, 6) is -0.485. The maximum absolute atomic E-state index is 13.4. The molecule has 0 aliphatic heterocycles. The molecule has 1 fully saturated rings. The highest BCUT2D eigenvalue weighted by molar-refractivity contribution is 5.94. The van der Waals surface area contributed by atoms with Gasteiger partial charge in [-0.2, -0.15) is 0 Å². The van der Waals surface area contributed by atoms with Crippen molar-refractivity contribution in [1.29, 1.82) is 0 Å². The molecule has 3 N–H and O–H groups in total. The van der Waals surface area contributed by atoms with E-state index in [4.69, 9.17) is 5.73 Å². The fourth-order valence-electron chi connectivity index (χ4n) is 1.84. The Morgan fingerprint density at radius 1 is 1.50 bits per heavy atom. The maximum atomic E-state index is 13.4. The van der Waals surface area contributed by atoms with Gasteiger partial charge in [0.2, 0.25) is 0 Å². The number of nitrogens with one attached hydrogen (secondary N) is 1. The van der Waals surface area contributed by atoms with Gasteiger partial charge in [0.15, 0.2) is 5.96 Å². The van der Waals surface area contributed by atoms with Crippen LogP contribution >= 0.6 is 0 Å². The molecule has 20 heavy (non-hydrogen) atoms. The van der Waals surface area contributed by atoms with Gasteiger partial charge in [0, 0.05) is 19.6 Å². The molecular formula is C14H19FN4O. The van der Waals surface area contributed by atoms with Crippen LogP contribution in [0.3, 0.4) is 0 Å². The van der Waals surface area contributed by atoms with E-state index in [1.54, 1.807) is 12.1 Å². The molecule has 1 aromatic carbocycles. The molecule has 6 heteroatoms. The van der Waals surface area contributed by atoms with Crippen molar-refractivity contribution in [2.24, 2.45) is 10.7 Å². The van der Waals surface area contributed by atoms with E-state index in [-0.39, 0.29) is 5.56 Å². The second kappa shape index (κ2) is 6.36. The first-order valence-electron chi connectivity index (χ1n) is 6.65. The van der Waals surface area contributed by atoms with Crippen molar-refractivity contribution in [1.82, 2.24) is 10.2 Å². The first kappa shape index (κ1) is 14.3. The van der Waals surface area contributed by atoms with Crippen LogP contribution in [0.5, 0.6) is 0 Å². The van der Waals surface area contributed by atoms with Crippen molar-refractivity contribution >= 4 is 11.9 Å². The highest BCUT2D eigenvalue weighted by Crippen LogP contribution is 2.24. The topological polar surface area (TPSA) is 70.7 Å². The molecule has 0 aromatic heterocycles. The van der Waals surface area contributed by atoms with Crippen LogP contribution in [0.25, 0.3) is 0 Å². The largest absolute Gasteiger partial charge is 0.370 e. The second-order valence-corrected chi connectivity index (χ2v) is 4.82. The van der Waals surface area contributed by atoms with Crippen LogP contribution < -0.4 is 11.1 Å². The van der Waals surface area contributed by atoms with E-state index in [9.17, 15) is 9.18 Å². The second-order valence-electron chi connectivity index (χ2n) is 4.82. The number of rotatable bonds is 5. The zero-order valence-corrected chi connectivity index (χ0v) is 11.5. The van der Waals surface area contributed by atoms with Gasteiger partial charge in [0.25, 0.3) is 5.91 Å². The van der Waals surface area contributed by atoms with Gasteiger partial charge in [0.05, 0.1) is 12.1 Å². The van der Waals surface area contributed by atoms with Gasteiger partial charge in [-0.25, -0.2) is 4.39 Å². The first-order valence-corrected chi connectivity index (χ1v) is 6.65. The summed E-state index contributed by atoms with van der Waals surface area (Å²) >= 11 is 0. The molecule has 0 bridgehead atoms. The lowest BCUT2D eigenvalue weighted by Crippen LogP contribution is -2.36. The van der Waals surface area contributed by atoms with Crippen LogP contribution in [0.2, 0.25) is 0 Å². The molecule has 0 spiro atoms. The molecule has 2 rings (SSSR count). The molecule has 1 amide bonds. The van der Waals surface area contributed by atoms with Crippen molar-refractivity contribution in [3.63, 3.8) is 0 Å². The van der Waals surface area contributed by atoms with Crippen LogP contribution in [0.15, 0.2) is 29.3 Å². The van der Waals surface area contributed by atoms with E-state index < -0.39 is 11.7 Å². The van der Waals surface area contributed by atoms with E-state index in [0.29, 0.717) is 25.1 Å². The number of amides is 1. The lowest BCUT2D eigenvalue weighted by Gasteiger charge is -2.16. The molecule has 0 radical (unpaired) electrons. The zero-order chi connectivity index (χ0) is 14.5. The number of hydrogen-bond donors (Lipinski definition) is 2.